The van der Waals surface area contributed by atoms with E-state index in [1.54, 1.807) is 0 Å². The molecule has 2 nitrogen and oxygen atoms in total. The van der Waals surface area contributed by atoms with Crippen molar-refractivity contribution in [2.45, 2.75) is 12.8 Å². The summed E-state index contributed by atoms with van der Waals surface area (Å²) in [5, 5.41) is 0.994. The molecular weight excluding hydrogens is 162 g/mol. The normalized spacial score (nSPS) is 23.7. The van der Waals surface area contributed by atoms with Gasteiger partial charge in [-0.2, -0.15) is 0 Å². The molecule has 0 radical (unpaired) electrons. The number of ether oxygens (including phenoxy) is 1. The number of hydrogen-bond donors (Lipinski definition) is 0. The molecule has 2 rings (SSSR count). The molecule has 0 aromatic rings. The Bertz CT molecular complexity index is 179. The number of rotatable bonds is 1. The predicted molar refractivity (Wildman–Crippen MR) is 44.5 cm³/mol. The second-order valence-electron chi connectivity index (χ2n) is 2.99. The molecule has 0 amide bonds. The van der Waals surface area contributed by atoms with Crippen molar-refractivity contribution in [3.8, 4) is 0 Å². The van der Waals surface area contributed by atoms with E-state index >= 15 is 0 Å². The summed E-state index contributed by atoms with van der Waals surface area (Å²) in [4.78, 5) is 2.22. The maximum atomic E-state index is 6.11. The zero-order valence-corrected chi connectivity index (χ0v) is 7.23. The molecule has 3 heteroatoms. The van der Waals surface area contributed by atoms with Crippen LogP contribution in [0.5, 0.6) is 0 Å². The highest BCUT2D eigenvalue weighted by Gasteiger charge is 2.21. The van der Waals surface area contributed by atoms with Gasteiger partial charge in [0.25, 0.3) is 0 Å². The maximum absolute atomic E-state index is 6.11. The standard InChI is InChI=1S/C8H12ClNO/c9-8(7-1-2-7)10-3-5-11-6-4-10/h1-6H2. The molecule has 11 heavy (non-hydrogen) atoms. The van der Waals surface area contributed by atoms with Crippen LogP contribution in [0.1, 0.15) is 12.8 Å². The molecule has 1 heterocycles. The zero-order valence-electron chi connectivity index (χ0n) is 6.48. The summed E-state index contributed by atoms with van der Waals surface area (Å²) >= 11 is 6.11. The smallest absolute Gasteiger partial charge is 0.104 e. The first kappa shape index (κ1) is 7.44. The van der Waals surface area contributed by atoms with Crippen molar-refractivity contribution in [1.82, 2.24) is 4.90 Å². The van der Waals surface area contributed by atoms with Crippen LogP contribution in [0.4, 0.5) is 0 Å². The van der Waals surface area contributed by atoms with Crippen LogP contribution in [0.15, 0.2) is 10.7 Å². The number of nitrogens with zero attached hydrogens (tertiary/aromatic N) is 1. The summed E-state index contributed by atoms with van der Waals surface area (Å²) in [6.07, 6.45) is 2.41. The Morgan fingerprint density at radius 2 is 1.91 bits per heavy atom. The lowest BCUT2D eigenvalue weighted by Crippen LogP contribution is -2.34. The van der Waals surface area contributed by atoms with Crippen LogP contribution in [0.25, 0.3) is 0 Å². The molecule has 62 valence electrons. The van der Waals surface area contributed by atoms with Crippen molar-refractivity contribution in [3.05, 3.63) is 10.7 Å². The Kier molecular flexibility index (Phi) is 2.05. The van der Waals surface area contributed by atoms with E-state index in [0.29, 0.717) is 0 Å². The summed E-state index contributed by atoms with van der Waals surface area (Å²) < 4.78 is 5.23. The Balaban J connectivity index is 1.97. The quantitative estimate of drug-likeness (QED) is 0.558. The van der Waals surface area contributed by atoms with Gasteiger partial charge < -0.3 is 9.64 Å². The highest BCUT2D eigenvalue weighted by Crippen LogP contribution is 2.35. The lowest BCUT2D eigenvalue weighted by atomic mass is 10.4. The van der Waals surface area contributed by atoms with Crippen LogP contribution in [0.2, 0.25) is 0 Å². The third kappa shape index (κ3) is 1.68. The van der Waals surface area contributed by atoms with E-state index < -0.39 is 0 Å². The zero-order chi connectivity index (χ0) is 7.68. The van der Waals surface area contributed by atoms with Crippen LogP contribution in [0, 0.1) is 0 Å². The van der Waals surface area contributed by atoms with Crippen molar-refractivity contribution in [1.29, 1.82) is 0 Å². The van der Waals surface area contributed by atoms with E-state index in [1.807, 2.05) is 0 Å². The molecule has 0 aromatic heterocycles. The van der Waals surface area contributed by atoms with Gasteiger partial charge in [-0.25, -0.2) is 0 Å². The second kappa shape index (κ2) is 3.03. The Hall–Kier alpha value is -0.210. The molecule has 0 unspecified atom stereocenters. The minimum absolute atomic E-state index is 0.823. The van der Waals surface area contributed by atoms with Crippen LogP contribution in [0.3, 0.4) is 0 Å². The van der Waals surface area contributed by atoms with Crippen LogP contribution in [-0.2, 0) is 4.74 Å². The molecule has 0 aromatic carbocycles. The fourth-order valence-electron chi connectivity index (χ4n) is 1.25. The van der Waals surface area contributed by atoms with E-state index in [4.69, 9.17) is 16.3 Å². The van der Waals surface area contributed by atoms with E-state index in [-0.39, 0.29) is 0 Å². The highest BCUT2D eigenvalue weighted by molar-refractivity contribution is 6.29. The maximum Gasteiger partial charge on any atom is 0.104 e. The summed E-state index contributed by atoms with van der Waals surface area (Å²) in [7, 11) is 0. The molecule has 2 aliphatic rings. The first-order valence-corrected chi connectivity index (χ1v) is 4.46. The van der Waals surface area contributed by atoms with Gasteiger partial charge in [0.1, 0.15) is 5.16 Å². The molecule has 1 aliphatic carbocycles. The molecule has 0 bridgehead atoms. The molecule has 1 saturated carbocycles. The minimum Gasteiger partial charge on any atom is -0.378 e. The minimum atomic E-state index is 0.823. The average Bonchev–Trinajstić information content (AvgIpc) is 2.87. The molecular formula is C8H12ClNO. The summed E-state index contributed by atoms with van der Waals surface area (Å²) in [5.74, 6) is 0. The van der Waals surface area contributed by atoms with Crippen molar-refractivity contribution < 1.29 is 4.74 Å². The van der Waals surface area contributed by atoms with Gasteiger partial charge in [0.2, 0.25) is 0 Å². The van der Waals surface area contributed by atoms with Gasteiger partial charge >= 0.3 is 0 Å². The fraction of sp³-hybridized carbons (Fsp3) is 0.750. The average molecular weight is 174 g/mol. The van der Waals surface area contributed by atoms with Gasteiger partial charge in [-0.15, -0.1) is 0 Å². The summed E-state index contributed by atoms with van der Waals surface area (Å²) in [5.41, 5.74) is 1.42. The van der Waals surface area contributed by atoms with Crippen LogP contribution < -0.4 is 0 Å². The number of morpholine rings is 1. The van der Waals surface area contributed by atoms with E-state index in [2.05, 4.69) is 4.90 Å². The largest absolute Gasteiger partial charge is 0.378 e. The SMILES string of the molecule is ClC(=C1CC1)N1CCOCC1. The van der Waals surface area contributed by atoms with Crippen molar-refractivity contribution in [2.24, 2.45) is 0 Å². The highest BCUT2D eigenvalue weighted by atomic mass is 35.5. The lowest BCUT2D eigenvalue weighted by Gasteiger charge is -2.27. The van der Waals surface area contributed by atoms with Crippen LogP contribution in [-0.4, -0.2) is 31.2 Å². The Labute approximate surface area is 71.8 Å². The summed E-state index contributed by atoms with van der Waals surface area (Å²) in [6.45, 7) is 3.57. The topological polar surface area (TPSA) is 12.5 Å². The van der Waals surface area contributed by atoms with Gasteiger partial charge in [0, 0.05) is 13.1 Å². The molecule has 0 atom stereocenters. The molecule has 0 N–H and O–H groups in total. The van der Waals surface area contributed by atoms with E-state index in [0.717, 1.165) is 31.5 Å². The molecule has 1 saturated heterocycles. The fourth-order valence-corrected chi connectivity index (χ4v) is 1.61. The van der Waals surface area contributed by atoms with Gasteiger partial charge in [0.05, 0.1) is 13.2 Å². The van der Waals surface area contributed by atoms with Crippen molar-refractivity contribution >= 4 is 11.6 Å². The molecule has 2 fully saturated rings. The van der Waals surface area contributed by atoms with E-state index in [1.165, 1.54) is 18.4 Å². The van der Waals surface area contributed by atoms with Crippen LogP contribution >= 0.6 is 11.6 Å². The van der Waals surface area contributed by atoms with Gasteiger partial charge in [0.15, 0.2) is 0 Å². The lowest BCUT2D eigenvalue weighted by molar-refractivity contribution is 0.0570. The third-order valence-corrected chi connectivity index (χ3v) is 2.59. The number of allylic oxidation sites excluding steroid dienone is 1. The Morgan fingerprint density at radius 3 is 2.45 bits per heavy atom. The first-order chi connectivity index (χ1) is 5.38. The third-order valence-electron chi connectivity index (χ3n) is 2.08. The number of halogens is 1. The first-order valence-electron chi connectivity index (χ1n) is 4.08. The van der Waals surface area contributed by atoms with Gasteiger partial charge in [-0.3, -0.25) is 0 Å². The second-order valence-corrected chi connectivity index (χ2v) is 3.35. The molecule has 0 spiro atoms. The number of hydrogen-bond acceptors (Lipinski definition) is 2. The summed E-state index contributed by atoms with van der Waals surface area (Å²) in [6, 6.07) is 0. The van der Waals surface area contributed by atoms with Gasteiger partial charge in [-0.1, -0.05) is 11.6 Å². The van der Waals surface area contributed by atoms with E-state index in [9.17, 15) is 0 Å². The Morgan fingerprint density at radius 1 is 1.27 bits per heavy atom. The predicted octanol–water partition coefficient (Wildman–Crippen LogP) is 1.56. The van der Waals surface area contributed by atoms with Crippen molar-refractivity contribution in [3.63, 3.8) is 0 Å². The molecule has 1 aliphatic heterocycles. The van der Waals surface area contributed by atoms with Gasteiger partial charge in [-0.05, 0) is 18.4 Å². The van der Waals surface area contributed by atoms with Crippen molar-refractivity contribution in [2.75, 3.05) is 26.3 Å². The monoisotopic (exact) mass is 173 g/mol.